The lowest BCUT2D eigenvalue weighted by atomic mass is 9.47. The van der Waals surface area contributed by atoms with Gasteiger partial charge in [0.2, 0.25) is 0 Å². The van der Waals surface area contributed by atoms with Gasteiger partial charge in [-0.15, -0.1) is 0 Å². The summed E-state index contributed by atoms with van der Waals surface area (Å²) in [6, 6.07) is 7.32. The van der Waals surface area contributed by atoms with E-state index < -0.39 is 0 Å². The highest BCUT2D eigenvalue weighted by Gasteiger charge is 2.56. The molecule has 1 aromatic rings. The summed E-state index contributed by atoms with van der Waals surface area (Å²) in [5.74, 6) is 2.35. The van der Waals surface area contributed by atoms with Gasteiger partial charge in [0.1, 0.15) is 0 Å². The van der Waals surface area contributed by atoms with Gasteiger partial charge in [0.15, 0.2) is 0 Å². The first-order valence-corrected chi connectivity index (χ1v) is 9.04. The zero-order valence-electron chi connectivity index (χ0n) is 13.6. The Morgan fingerprint density at radius 2 is 1.35 bits per heavy atom. The molecule has 1 aliphatic heterocycles. The number of carbonyl (C=O) groups excluding carboxylic acids is 2. The van der Waals surface area contributed by atoms with Crippen LogP contribution < -0.4 is 0 Å². The number of nitrogens with zero attached hydrogens (tertiary/aromatic N) is 1. The standard InChI is InChI=1S/C20H23NO2/c1-12(20-9-13-6-14(10-20)8-15(7-13)11-20)21-18(22)16-4-2-3-5-17(16)19(21)23/h2-5,12-15H,6-11H2,1H3. The van der Waals surface area contributed by atoms with E-state index in [0.29, 0.717) is 11.1 Å². The molecule has 0 radical (unpaired) electrons. The molecule has 4 bridgehead atoms. The Morgan fingerprint density at radius 3 is 1.78 bits per heavy atom. The SMILES string of the molecule is CC(N1C(=O)c2ccccc2C1=O)C12CC3CC(CC(C3)C1)C2. The number of imide groups is 1. The van der Waals surface area contributed by atoms with Crippen LogP contribution in [0.2, 0.25) is 0 Å². The molecule has 1 aromatic carbocycles. The second kappa shape index (κ2) is 4.46. The Kier molecular flexibility index (Phi) is 2.67. The summed E-state index contributed by atoms with van der Waals surface area (Å²) < 4.78 is 0. The van der Waals surface area contributed by atoms with E-state index in [1.165, 1.54) is 38.5 Å². The van der Waals surface area contributed by atoms with Gasteiger partial charge in [-0.3, -0.25) is 14.5 Å². The molecule has 2 amide bonds. The third-order valence-corrected chi connectivity index (χ3v) is 7.18. The summed E-state index contributed by atoms with van der Waals surface area (Å²) >= 11 is 0. The molecule has 4 aliphatic carbocycles. The van der Waals surface area contributed by atoms with Crippen molar-refractivity contribution in [3.05, 3.63) is 35.4 Å². The number of amides is 2. The lowest BCUT2D eigenvalue weighted by molar-refractivity contribution is -0.0849. The van der Waals surface area contributed by atoms with E-state index in [9.17, 15) is 9.59 Å². The van der Waals surface area contributed by atoms with E-state index in [-0.39, 0.29) is 23.3 Å². The summed E-state index contributed by atoms with van der Waals surface area (Å²) in [6.07, 6.45) is 7.80. The van der Waals surface area contributed by atoms with E-state index >= 15 is 0 Å². The molecule has 23 heavy (non-hydrogen) atoms. The Balaban J connectivity index is 1.51. The first-order chi connectivity index (χ1) is 11.1. The molecule has 1 heterocycles. The van der Waals surface area contributed by atoms with E-state index in [1.807, 2.05) is 12.1 Å². The highest BCUT2D eigenvalue weighted by Crippen LogP contribution is 2.62. The zero-order chi connectivity index (χ0) is 15.8. The first-order valence-electron chi connectivity index (χ1n) is 9.04. The van der Waals surface area contributed by atoms with Crippen LogP contribution in [0.3, 0.4) is 0 Å². The maximum Gasteiger partial charge on any atom is 0.261 e. The van der Waals surface area contributed by atoms with Gasteiger partial charge in [-0.2, -0.15) is 0 Å². The second-order valence-corrected chi connectivity index (χ2v) is 8.48. The number of hydrogen-bond acceptors (Lipinski definition) is 2. The monoisotopic (exact) mass is 309 g/mol. The number of carbonyl (C=O) groups is 2. The minimum atomic E-state index is -0.0751. The molecule has 0 saturated heterocycles. The van der Waals surface area contributed by atoms with Crippen LogP contribution in [-0.4, -0.2) is 22.8 Å². The molecule has 4 saturated carbocycles. The molecule has 3 nitrogen and oxygen atoms in total. The highest BCUT2D eigenvalue weighted by atomic mass is 16.2. The van der Waals surface area contributed by atoms with Gasteiger partial charge >= 0.3 is 0 Å². The largest absolute Gasteiger partial charge is 0.271 e. The zero-order valence-corrected chi connectivity index (χ0v) is 13.6. The van der Waals surface area contributed by atoms with E-state index in [4.69, 9.17) is 0 Å². The molecular formula is C20H23NO2. The van der Waals surface area contributed by atoms with Crippen LogP contribution in [0.25, 0.3) is 0 Å². The molecule has 0 aromatic heterocycles. The second-order valence-electron chi connectivity index (χ2n) is 8.48. The molecule has 0 spiro atoms. The first kappa shape index (κ1) is 13.8. The van der Waals surface area contributed by atoms with Gasteiger partial charge < -0.3 is 0 Å². The van der Waals surface area contributed by atoms with E-state index in [0.717, 1.165) is 17.8 Å². The van der Waals surface area contributed by atoms with Crippen molar-refractivity contribution >= 4 is 11.8 Å². The summed E-state index contributed by atoms with van der Waals surface area (Å²) in [5, 5.41) is 0. The smallest absolute Gasteiger partial charge is 0.261 e. The Hall–Kier alpha value is -1.64. The van der Waals surface area contributed by atoms with Crippen LogP contribution >= 0.6 is 0 Å². The predicted molar refractivity (Wildman–Crippen MR) is 87.0 cm³/mol. The summed E-state index contributed by atoms with van der Waals surface area (Å²) in [5.41, 5.74) is 1.37. The van der Waals surface area contributed by atoms with Crippen molar-refractivity contribution in [2.24, 2.45) is 23.2 Å². The fourth-order valence-corrected chi connectivity index (χ4v) is 6.52. The molecule has 120 valence electrons. The van der Waals surface area contributed by atoms with Crippen molar-refractivity contribution in [1.29, 1.82) is 0 Å². The third kappa shape index (κ3) is 1.76. The lowest BCUT2D eigenvalue weighted by Gasteiger charge is -2.59. The van der Waals surface area contributed by atoms with Gasteiger partial charge in [0.25, 0.3) is 11.8 Å². The lowest BCUT2D eigenvalue weighted by Crippen LogP contribution is -2.57. The van der Waals surface area contributed by atoms with Crippen molar-refractivity contribution in [2.45, 2.75) is 51.5 Å². The van der Waals surface area contributed by atoms with Crippen molar-refractivity contribution in [1.82, 2.24) is 4.90 Å². The van der Waals surface area contributed by atoms with Crippen LogP contribution in [0.1, 0.15) is 66.2 Å². The Morgan fingerprint density at radius 1 is 0.913 bits per heavy atom. The Bertz CT molecular complexity index is 637. The highest BCUT2D eigenvalue weighted by molar-refractivity contribution is 6.21. The average Bonchev–Trinajstić information content (AvgIpc) is 2.77. The molecular weight excluding hydrogens is 286 g/mol. The van der Waals surface area contributed by atoms with E-state index in [1.54, 1.807) is 17.0 Å². The topological polar surface area (TPSA) is 37.4 Å². The van der Waals surface area contributed by atoms with Crippen molar-refractivity contribution in [3.63, 3.8) is 0 Å². The minimum absolute atomic E-state index is 0.0308. The summed E-state index contributed by atoms with van der Waals surface area (Å²) in [7, 11) is 0. The molecule has 0 N–H and O–H groups in total. The quantitative estimate of drug-likeness (QED) is 0.777. The van der Waals surface area contributed by atoms with Crippen molar-refractivity contribution < 1.29 is 9.59 Å². The Labute approximate surface area is 137 Å². The average molecular weight is 309 g/mol. The summed E-state index contributed by atoms with van der Waals surface area (Å²) in [6.45, 7) is 2.13. The predicted octanol–water partition coefficient (Wildman–Crippen LogP) is 3.89. The van der Waals surface area contributed by atoms with Crippen LogP contribution in [-0.2, 0) is 0 Å². The number of benzene rings is 1. The molecule has 1 unspecified atom stereocenters. The van der Waals surface area contributed by atoms with Gasteiger partial charge in [-0.1, -0.05) is 12.1 Å². The maximum absolute atomic E-state index is 12.8. The maximum atomic E-state index is 12.8. The van der Waals surface area contributed by atoms with Crippen molar-refractivity contribution in [2.75, 3.05) is 0 Å². The normalized spacial score (nSPS) is 39.0. The molecule has 5 aliphatic rings. The van der Waals surface area contributed by atoms with Gasteiger partial charge in [0, 0.05) is 6.04 Å². The molecule has 3 heteroatoms. The van der Waals surface area contributed by atoms with Gasteiger partial charge in [-0.05, 0) is 80.8 Å². The van der Waals surface area contributed by atoms with Crippen LogP contribution in [0.4, 0.5) is 0 Å². The fraction of sp³-hybridized carbons (Fsp3) is 0.600. The van der Waals surface area contributed by atoms with Crippen LogP contribution in [0.15, 0.2) is 24.3 Å². The minimum Gasteiger partial charge on any atom is -0.271 e. The summed E-state index contributed by atoms with van der Waals surface area (Å²) in [4.78, 5) is 27.3. The van der Waals surface area contributed by atoms with E-state index in [2.05, 4.69) is 6.92 Å². The number of rotatable bonds is 2. The molecule has 4 fully saturated rings. The third-order valence-electron chi connectivity index (χ3n) is 7.18. The fourth-order valence-electron chi connectivity index (χ4n) is 6.52. The van der Waals surface area contributed by atoms with Crippen molar-refractivity contribution in [3.8, 4) is 0 Å². The van der Waals surface area contributed by atoms with Gasteiger partial charge in [0.05, 0.1) is 11.1 Å². The number of hydrogen-bond donors (Lipinski definition) is 0. The van der Waals surface area contributed by atoms with Crippen LogP contribution in [0, 0.1) is 23.2 Å². The van der Waals surface area contributed by atoms with Crippen LogP contribution in [0.5, 0.6) is 0 Å². The van der Waals surface area contributed by atoms with Gasteiger partial charge in [-0.25, -0.2) is 0 Å². The molecule has 1 atom stereocenters. The number of fused-ring (bicyclic) bond motifs is 1. The molecule has 6 rings (SSSR count).